The highest BCUT2D eigenvalue weighted by Gasteiger charge is 2.35. The number of hydrogen-bond donors (Lipinski definition) is 0. The van der Waals surface area contributed by atoms with Gasteiger partial charge >= 0.3 is 0 Å². The summed E-state index contributed by atoms with van der Waals surface area (Å²) in [7, 11) is 1.84. The number of aromatic nitrogens is 3. The molecule has 8 nitrogen and oxygen atoms in total. The molecule has 1 amide bonds. The fourth-order valence-electron chi connectivity index (χ4n) is 4.71. The van der Waals surface area contributed by atoms with Crippen LogP contribution in [-0.4, -0.2) is 50.7 Å². The van der Waals surface area contributed by atoms with Crippen molar-refractivity contribution in [2.75, 3.05) is 13.1 Å². The number of nitrogens with zero attached hydrogens (tertiary/aromatic N) is 4. The van der Waals surface area contributed by atoms with Crippen LogP contribution in [0.3, 0.4) is 0 Å². The average Bonchev–Trinajstić information content (AvgIpc) is 3.39. The summed E-state index contributed by atoms with van der Waals surface area (Å²) in [6, 6.07) is 7.43. The van der Waals surface area contributed by atoms with Crippen LogP contribution in [0.1, 0.15) is 51.4 Å². The zero-order valence-electron chi connectivity index (χ0n) is 18.5. The molecule has 32 heavy (non-hydrogen) atoms. The van der Waals surface area contributed by atoms with Crippen LogP contribution in [0.25, 0.3) is 11.3 Å². The van der Waals surface area contributed by atoms with Crippen molar-refractivity contribution >= 4 is 11.7 Å². The summed E-state index contributed by atoms with van der Waals surface area (Å²) < 4.78 is 13.3. The third kappa shape index (κ3) is 3.70. The first-order chi connectivity index (χ1) is 15.4. The molecule has 1 aromatic carbocycles. The Morgan fingerprint density at radius 1 is 1.12 bits per heavy atom. The number of likely N-dealkylation sites (tertiary alicyclic amines) is 1. The molecule has 1 atom stereocenters. The minimum Gasteiger partial charge on any atom is -0.489 e. The van der Waals surface area contributed by atoms with Crippen molar-refractivity contribution in [3.63, 3.8) is 0 Å². The Bertz CT molecular complexity index is 1190. The van der Waals surface area contributed by atoms with Gasteiger partial charge in [-0.05, 0) is 44.7 Å². The quantitative estimate of drug-likeness (QED) is 0.626. The number of carbonyl (C=O) groups is 2. The second-order valence-corrected chi connectivity index (χ2v) is 8.79. The van der Waals surface area contributed by atoms with E-state index in [1.54, 1.807) is 15.6 Å². The number of rotatable bonds is 3. The molecule has 0 N–H and O–H groups in total. The second kappa shape index (κ2) is 7.93. The van der Waals surface area contributed by atoms with E-state index in [0.29, 0.717) is 42.3 Å². The van der Waals surface area contributed by atoms with Crippen LogP contribution in [0.15, 0.2) is 35.0 Å². The van der Waals surface area contributed by atoms with Crippen molar-refractivity contribution in [3.05, 3.63) is 53.0 Å². The lowest BCUT2D eigenvalue weighted by Gasteiger charge is -2.37. The Kier molecular flexibility index (Phi) is 5.07. The molecule has 1 saturated heterocycles. The van der Waals surface area contributed by atoms with Crippen LogP contribution >= 0.6 is 0 Å². The van der Waals surface area contributed by atoms with Gasteiger partial charge in [-0.15, -0.1) is 0 Å². The Morgan fingerprint density at radius 2 is 1.91 bits per heavy atom. The average molecular weight is 434 g/mol. The molecular formula is C24H26N4O4. The number of amides is 1. The van der Waals surface area contributed by atoms with Crippen LogP contribution in [0.2, 0.25) is 0 Å². The molecule has 166 valence electrons. The number of carbonyl (C=O) groups excluding carboxylic acids is 2. The zero-order valence-corrected chi connectivity index (χ0v) is 18.5. The van der Waals surface area contributed by atoms with Crippen LogP contribution in [0.5, 0.6) is 5.75 Å². The summed E-state index contributed by atoms with van der Waals surface area (Å²) in [6.07, 6.45) is 3.68. The van der Waals surface area contributed by atoms with Gasteiger partial charge in [-0.2, -0.15) is 5.10 Å². The number of ketones is 1. The Balaban J connectivity index is 1.23. The number of hydrogen-bond acceptors (Lipinski definition) is 6. The minimum atomic E-state index is -0.138. The Morgan fingerprint density at radius 3 is 2.62 bits per heavy atom. The largest absolute Gasteiger partial charge is 0.489 e. The van der Waals surface area contributed by atoms with Gasteiger partial charge in [0.15, 0.2) is 17.2 Å². The lowest BCUT2D eigenvalue weighted by atomic mass is 9.85. The van der Waals surface area contributed by atoms with Crippen molar-refractivity contribution in [2.45, 2.75) is 39.2 Å². The normalized spacial score (nSPS) is 19.0. The molecule has 5 rings (SSSR count). The molecule has 1 fully saturated rings. The van der Waals surface area contributed by atoms with Crippen molar-refractivity contribution < 1.29 is 18.8 Å². The summed E-state index contributed by atoms with van der Waals surface area (Å²) in [5, 5.41) is 8.30. The Hall–Kier alpha value is -3.42. The van der Waals surface area contributed by atoms with E-state index >= 15 is 0 Å². The smallest absolute Gasteiger partial charge is 0.276 e. The lowest BCUT2D eigenvalue weighted by Crippen LogP contribution is -2.44. The minimum absolute atomic E-state index is 0.137. The number of fused-ring (bicyclic) bond motifs is 1. The number of ether oxygens (including phenoxy) is 1. The topological polar surface area (TPSA) is 90.5 Å². The van der Waals surface area contributed by atoms with Gasteiger partial charge in [-0.1, -0.05) is 16.8 Å². The van der Waals surface area contributed by atoms with Gasteiger partial charge in [0, 0.05) is 38.8 Å². The van der Waals surface area contributed by atoms with E-state index in [1.165, 1.54) is 0 Å². The summed E-state index contributed by atoms with van der Waals surface area (Å²) in [5.74, 6) is 1.46. The first kappa shape index (κ1) is 20.5. The number of aryl methyl sites for hydroxylation is 3. The Labute approximate surface area is 186 Å². The maximum atomic E-state index is 13.0. The highest BCUT2D eigenvalue weighted by molar-refractivity contribution is 6.00. The molecule has 4 heterocycles. The van der Waals surface area contributed by atoms with Gasteiger partial charge in [0.05, 0.1) is 16.8 Å². The van der Waals surface area contributed by atoms with Crippen LogP contribution in [0, 0.1) is 19.8 Å². The van der Waals surface area contributed by atoms with E-state index in [2.05, 4.69) is 10.3 Å². The fraction of sp³-hybridized carbons (Fsp3) is 0.417. The summed E-state index contributed by atoms with van der Waals surface area (Å²) in [4.78, 5) is 27.4. The van der Waals surface area contributed by atoms with E-state index in [-0.39, 0.29) is 23.7 Å². The number of benzene rings is 1. The van der Waals surface area contributed by atoms with Gasteiger partial charge in [0.2, 0.25) is 0 Å². The van der Waals surface area contributed by atoms with E-state index in [1.807, 2.05) is 45.3 Å². The van der Waals surface area contributed by atoms with E-state index in [4.69, 9.17) is 9.26 Å². The van der Waals surface area contributed by atoms with Crippen molar-refractivity contribution in [1.29, 1.82) is 0 Å². The maximum Gasteiger partial charge on any atom is 0.276 e. The monoisotopic (exact) mass is 434 g/mol. The van der Waals surface area contributed by atoms with Crippen molar-refractivity contribution in [3.8, 4) is 17.1 Å². The molecule has 2 aliphatic rings. The summed E-state index contributed by atoms with van der Waals surface area (Å²) in [6.45, 7) is 5.07. The molecule has 0 radical (unpaired) electrons. The SMILES string of the molecule is Cc1ccc2c(c1)C(=O)C[C@@H](C1CCN(C(=O)c3cc(-c4cn(C)nc4C)on3)CC1)O2. The molecule has 0 bridgehead atoms. The number of Topliss-reactive ketones (excluding diaryl/α,β-unsaturated/α-hetero) is 1. The van der Waals surface area contributed by atoms with Crippen LogP contribution < -0.4 is 4.74 Å². The van der Waals surface area contributed by atoms with Gasteiger partial charge < -0.3 is 14.2 Å². The molecule has 0 aliphatic carbocycles. The first-order valence-electron chi connectivity index (χ1n) is 11.0. The summed E-state index contributed by atoms with van der Waals surface area (Å²) in [5.41, 5.74) is 3.69. The lowest BCUT2D eigenvalue weighted by molar-refractivity contribution is 0.0447. The maximum absolute atomic E-state index is 13.0. The summed E-state index contributed by atoms with van der Waals surface area (Å²) >= 11 is 0. The van der Waals surface area contributed by atoms with Gasteiger partial charge in [-0.3, -0.25) is 14.3 Å². The highest BCUT2D eigenvalue weighted by Crippen LogP contribution is 2.34. The third-order valence-corrected chi connectivity index (χ3v) is 6.46. The fourth-order valence-corrected chi connectivity index (χ4v) is 4.71. The van der Waals surface area contributed by atoms with Crippen molar-refractivity contribution in [2.24, 2.45) is 13.0 Å². The second-order valence-electron chi connectivity index (χ2n) is 8.79. The van der Waals surface area contributed by atoms with E-state index in [0.717, 1.165) is 29.7 Å². The molecule has 0 spiro atoms. The van der Waals surface area contributed by atoms with Gasteiger partial charge in [-0.25, -0.2) is 0 Å². The first-order valence-corrected chi connectivity index (χ1v) is 11.0. The molecular weight excluding hydrogens is 408 g/mol. The predicted octanol–water partition coefficient (Wildman–Crippen LogP) is 3.58. The molecule has 8 heteroatoms. The molecule has 2 aromatic heterocycles. The molecule has 0 saturated carbocycles. The van der Waals surface area contributed by atoms with Crippen molar-refractivity contribution in [1.82, 2.24) is 19.8 Å². The number of piperidine rings is 1. The third-order valence-electron chi connectivity index (χ3n) is 6.46. The highest BCUT2D eigenvalue weighted by atomic mass is 16.5. The zero-order chi connectivity index (χ0) is 22.4. The molecule has 2 aliphatic heterocycles. The standard InChI is InChI=1S/C24H26N4O4/c1-14-4-5-21-17(10-14)20(29)12-22(31-21)16-6-8-28(9-7-16)24(30)19-11-23(32-26-19)18-13-27(3)25-15(18)2/h4-5,10-11,13,16,22H,6-9,12H2,1-3H3/t22-/m0/s1. The predicted molar refractivity (Wildman–Crippen MR) is 117 cm³/mol. The molecule has 0 unspecified atom stereocenters. The van der Waals surface area contributed by atoms with Crippen LogP contribution in [0.4, 0.5) is 0 Å². The van der Waals surface area contributed by atoms with E-state index < -0.39 is 0 Å². The van der Waals surface area contributed by atoms with Gasteiger partial charge in [0.25, 0.3) is 5.91 Å². The van der Waals surface area contributed by atoms with Crippen LogP contribution in [-0.2, 0) is 7.05 Å². The van der Waals surface area contributed by atoms with Gasteiger partial charge in [0.1, 0.15) is 11.9 Å². The molecule has 3 aromatic rings. The van der Waals surface area contributed by atoms with E-state index in [9.17, 15) is 9.59 Å².